The second-order valence-corrected chi connectivity index (χ2v) is 6.00. The molecule has 2 aromatic carbocycles. The fraction of sp³-hybridized carbons (Fsp3) is 0.111. The van der Waals surface area contributed by atoms with Crippen LogP contribution in [-0.2, 0) is 7.05 Å². The topological polar surface area (TPSA) is 51.1 Å². The van der Waals surface area contributed by atoms with Crippen molar-refractivity contribution in [3.8, 4) is 0 Å². The van der Waals surface area contributed by atoms with Crippen LogP contribution in [0.5, 0.6) is 0 Å². The summed E-state index contributed by atoms with van der Waals surface area (Å²) in [6, 6.07) is 14.8. The highest BCUT2D eigenvalue weighted by molar-refractivity contribution is 7.98. The number of para-hydroxylation sites is 2. The normalized spacial score (nSPS) is 10.7. The first-order chi connectivity index (χ1) is 11.1. The number of aromatic nitrogens is 1. The number of aryl methyl sites for hydroxylation is 1. The molecule has 0 aliphatic heterocycles. The third-order valence-electron chi connectivity index (χ3n) is 3.70. The molecule has 0 fully saturated rings. The van der Waals surface area contributed by atoms with E-state index < -0.39 is 5.91 Å². The monoisotopic (exact) mass is 324 g/mol. The summed E-state index contributed by atoms with van der Waals surface area (Å²) in [5.74, 6) is -0.391. The van der Waals surface area contributed by atoms with Gasteiger partial charge in [0.05, 0.1) is 11.2 Å². The highest BCUT2D eigenvalue weighted by atomic mass is 32.2. The fourth-order valence-corrected chi connectivity index (χ4v) is 3.09. The van der Waals surface area contributed by atoms with E-state index in [1.807, 2.05) is 49.7 Å². The Morgan fingerprint density at radius 2 is 1.78 bits per heavy atom. The van der Waals surface area contributed by atoms with Crippen LogP contribution in [0, 0.1) is 0 Å². The minimum absolute atomic E-state index is 0.141. The van der Waals surface area contributed by atoms with Crippen molar-refractivity contribution in [2.45, 2.75) is 4.90 Å². The number of hydrogen-bond donors (Lipinski definition) is 1. The standard InChI is InChI=1S/C18H16N2O2S/c1-20-11-13(17(21)12-7-3-5-9-15(12)20)18(22)19-14-8-4-6-10-16(14)23-2/h3-11H,1-2H3,(H,19,22). The van der Waals surface area contributed by atoms with Crippen LogP contribution in [-0.4, -0.2) is 16.7 Å². The van der Waals surface area contributed by atoms with Crippen LogP contribution >= 0.6 is 11.8 Å². The van der Waals surface area contributed by atoms with Gasteiger partial charge in [0.1, 0.15) is 5.56 Å². The zero-order valence-corrected chi connectivity index (χ0v) is 13.7. The molecule has 3 aromatic rings. The van der Waals surface area contributed by atoms with E-state index in [1.54, 1.807) is 34.7 Å². The molecule has 116 valence electrons. The van der Waals surface area contributed by atoms with Crippen molar-refractivity contribution in [2.75, 3.05) is 11.6 Å². The van der Waals surface area contributed by atoms with Gasteiger partial charge in [-0.05, 0) is 30.5 Å². The SMILES string of the molecule is CSc1ccccc1NC(=O)c1cn(C)c2ccccc2c1=O. The Morgan fingerprint density at radius 3 is 2.57 bits per heavy atom. The van der Waals surface area contributed by atoms with E-state index in [-0.39, 0.29) is 11.0 Å². The Kier molecular flexibility index (Phi) is 4.21. The highest BCUT2D eigenvalue weighted by Crippen LogP contribution is 2.25. The number of pyridine rings is 1. The molecule has 0 saturated heterocycles. The van der Waals surface area contributed by atoms with Crippen molar-refractivity contribution in [3.63, 3.8) is 0 Å². The number of carbonyl (C=O) groups excluding carboxylic acids is 1. The van der Waals surface area contributed by atoms with Gasteiger partial charge in [-0.25, -0.2) is 0 Å². The van der Waals surface area contributed by atoms with E-state index in [1.165, 1.54) is 0 Å². The highest BCUT2D eigenvalue weighted by Gasteiger charge is 2.15. The first kappa shape index (κ1) is 15.4. The summed E-state index contributed by atoms with van der Waals surface area (Å²) < 4.78 is 1.80. The molecule has 1 heterocycles. The molecule has 4 nitrogen and oxygen atoms in total. The summed E-state index contributed by atoms with van der Waals surface area (Å²) in [6.07, 6.45) is 3.53. The number of benzene rings is 2. The molecule has 0 spiro atoms. The van der Waals surface area contributed by atoms with E-state index in [4.69, 9.17) is 0 Å². The van der Waals surface area contributed by atoms with E-state index in [2.05, 4.69) is 5.32 Å². The van der Waals surface area contributed by atoms with Gasteiger partial charge in [-0.3, -0.25) is 9.59 Å². The number of carbonyl (C=O) groups is 1. The van der Waals surface area contributed by atoms with Gasteiger partial charge >= 0.3 is 0 Å². The van der Waals surface area contributed by atoms with Crippen LogP contribution < -0.4 is 10.7 Å². The molecule has 1 N–H and O–H groups in total. The quantitative estimate of drug-likeness (QED) is 0.750. The van der Waals surface area contributed by atoms with Gasteiger partial charge in [0.15, 0.2) is 0 Å². The Balaban J connectivity index is 2.05. The van der Waals surface area contributed by atoms with Gasteiger partial charge in [-0.2, -0.15) is 0 Å². The second-order valence-electron chi connectivity index (χ2n) is 5.15. The maximum Gasteiger partial charge on any atom is 0.261 e. The van der Waals surface area contributed by atoms with Gasteiger partial charge < -0.3 is 9.88 Å². The minimum Gasteiger partial charge on any atom is -0.350 e. The lowest BCUT2D eigenvalue weighted by atomic mass is 10.1. The van der Waals surface area contributed by atoms with E-state index in [9.17, 15) is 9.59 Å². The summed E-state index contributed by atoms with van der Waals surface area (Å²) >= 11 is 1.54. The number of rotatable bonds is 3. The Morgan fingerprint density at radius 1 is 1.09 bits per heavy atom. The Bertz CT molecular complexity index is 947. The molecule has 0 aliphatic rings. The summed E-state index contributed by atoms with van der Waals surface area (Å²) in [6.45, 7) is 0. The van der Waals surface area contributed by atoms with Crippen LogP contribution in [0.1, 0.15) is 10.4 Å². The lowest BCUT2D eigenvalue weighted by molar-refractivity contribution is 0.102. The average molecular weight is 324 g/mol. The maximum atomic E-state index is 12.6. The summed E-state index contributed by atoms with van der Waals surface area (Å²) in [5.41, 5.74) is 1.40. The molecule has 1 amide bonds. The molecule has 0 bridgehead atoms. The number of nitrogens with zero attached hydrogens (tertiary/aromatic N) is 1. The van der Waals surface area contributed by atoms with Gasteiger partial charge in [0.2, 0.25) is 5.43 Å². The molecule has 0 aliphatic carbocycles. The summed E-state index contributed by atoms with van der Waals surface area (Å²) in [5, 5.41) is 3.38. The lowest BCUT2D eigenvalue weighted by Crippen LogP contribution is -2.23. The van der Waals surface area contributed by atoms with Crippen LogP contribution in [0.15, 0.2) is 64.4 Å². The van der Waals surface area contributed by atoms with Crippen molar-refractivity contribution >= 4 is 34.3 Å². The molecule has 23 heavy (non-hydrogen) atoms. The van der Waals surface area contributed by atoms with Crippen LogP contribution in [0.25, 0.3) is 10.9 Å². The van der Waals surface area contributed by atoms with Crippen LogP contribution in [0.4, 0.5) is 5.69 Å². The first-order valence-electron chi connectivity index (χ1n) is 7.14. The number of amides is 1. The van der Waals surface area contributed by atoms with Crippen molar-refractivity contribution in [3.05, 3.63) is 70.5 Å². The van der Waals surface area contributed by atoms with Gasteiger partial charge in [-0.15, -0.1) is 11.8 Å². The molecule has 0 unspecified atom stereocenters. The van der Waals surface area contributed by atoms with Gasteiger partial charge in [0, 0.05) is 23.5 Å². The van der Waals surface area contributed by atoms with E-state index in [0.717, 1.165) is 10.4 Å². The number of fused-ring (bicyclic) bond motifs is 1. The summed E-state index contributed by atoms with van der Waals surface area (Å²) in [4.78, 5) is 26.1. The van der Waals surface area contributed by atoms with Gasteiger partial charge in [0.25, 0.3) is 5.91 Å². The molecular formula is C18H16N2O2S. The zero-order chi connectivity index (χ0) is 16.4. The maximum absolute atomic E-state index is 12.6. The molecule has 5 heteroatoms. The first-order valence-corrected chi connectivity index (χ1v) is 8.37. The number of hydrogen-bond acceptors (Lipinski definition) is 3. The Labute approximate surface area is 138 Å². The number of thioether (sulfide) groups is 1. The van der Waals surface area contributed by atoms with Crippen LogP contribution in [0.3, 0.4) is 0 Å². The van der Waals surface area contributed by atoms with Crippen molar-refractivity contribution in [1.29, 1.82) is 0 Å². The van der Waals surface area contributed by atoms with Crippen molar-refractivity contribution in [2.24, 2.45) is 7.05 Å². The molecule has 0 saturated carbocycles. The third kappa shape index (κ3) is 2.87. The van der Waals surface area contributed by atoms with Gasteiger partial charge in [-0.1, -0.05) is 24.3 Å². The molecule has 0 atom stereocenters. The van der Waals surface area contributed by atoms with E-state index >= 15 is 0 Å². The van der Waals surface area contributed by atoms with Crippen LogP contribution in [0.2, 0.25) is 0 Å². The predicted octanol–water partition coefficient (Wildman–Crippen LogP) is 3.51. The largest absolute Gasteiger partial charge is 0.350 e. The fourth-order valence-electron chi connectivity index (χ4n) is 2.54. The number of anilines is 1. The smallest absolute Gasteiger partial charge is 0.261 e. The third-order valence-corrected chi connectivity index (χ3v) is 4.49. The minimum atomic E-state index is -0.391. The zero-order valence-electron chi connectivity index (χ0n) is 12.9. The second kappa shape index (κ2) is 6.30. The lowest BCUT2D eigenvalue weighted by Gasteiger charge is -2.11. The molecule has 1 aromatic heterocycles. The average Bonchev–Trinajstić information content (AvgIpc) is 2.58. The molecule has 0 radical (unpaired) electrons. The molecular weight excluding hydrogens is 308 g/mol. The Hall–Kier alpha value is -2.53. The van der Waals surface area contributed by atoms with Crippen molar-refractivity contribution in [1.82, 2.24) is 4.57 Å². The van der Waals surface area contributed by atoms with Crippen molar-refractivity contribution < 1.29 is 4.79 Å². The predicted molar refractivity (Wildman–Crippen MR) is 95.4 cm³/mol. The molecule has 3 rings (SSSR count). The number of nitrogens with one attached hydrogen (secondary N) is 1. The summed E-state index contributed by atoms with van der Waals surface area (Å²) in [7, 11) is 1.83. The van der Waals surface area contributed by atoms with E-state index in [0.29, 0.717) is 11.1 Å².